The first-order valence-corrected chi connectivity index (χ1v) is 19.6. The van der Waals surface area contributed by atoms with Crippen LogP contribution in [0.15, 0.2) is 68.7 Å². The van der Waals surface area contributed by atoms with Gasteiger partial charge in [0.15, 0.2) is 10.3 Å². The van der Waals surface area contributed by atoms with Crippen molar-refractivity contribution in [2.24, 2.45) is 0 Å². The minimum Gasteiger partial charge on any atom is -0.333 e. The van der Waals surface area contributed by atoms with Gasteiger partial charge in [-0.25, -0.2) is 9.97 Å². The standard InChI is InChI=1S/C30H26N10O6S6/c41-19(35-37-21(43)13-49-27-31-15-5-1-2-6-16(15)32-27)9-11-39-25(45)23(51-29(39)47)24-26(46)40(30(48)52-24)12-10-20(42)36-38-22(44)14-50-28-33-17-7-3-4-8-18(17)34-28/h1-8H,9-14H2,(H,31,32)(H,33,34)(H,35,41)(H,36,42)(H,37,43)(H,38,44). The zero-order valence-electron chi connectivity index (χ0n) is 26.5. The van der Waals surface area contributed by atoms with Gasteiger partial charge in [0, 0.05) is 25.9 Å². The number of aromatic amines is 2. The highest BCUT2D eigenvalue weighted by Gasteiger charge is 2.42. The number of fused-ring (bicyclic) bond motifs is 2. The molecule has 4 heterocycles. The van der Waals surface area contributed by atoms with E-state index in [4.69, 9.17) is 24.4 Å². The Morgan fingerprint density at radius 2 is 1.02 bits per heavy atom. The average Bonchev–Trinajstić information content (AvgIpc) is 3.89. The van der Waals surface area contributed by atoms with Gasteiger partial charge < -0.3 is 9.97 Å². The Hall–Kier alpha value is -4.48. The molecule has 0 bridgehead atoms. The molecule has 2 saturated heterocycles. The van der Waals surface area contributed by atoms with Crippen LogP contribution in [0.2, 0.25) is 0 Å². The number of thioether (sulfide) groups is 4. The quantitative estimate of drug-likeness (QED) is 0.0525. The van der Waals surface area contributed by atoms with Gasteiger partial charge in [-0.15, -0.1) is 0 Å². The number of nitrogens with zero attached hydrogens (tertiary/aromatic N) is 4. The summed E-state index contributed by atoms with van der Waals surface area (Å²) in [5.74, 6) is -3.14. The van der Waals surface area contributed by atoms with Crippen molar-refractivity contribution in [3.63, 3.8) is 0 Å². The summed E-state index contributed by atoms with van der Waals surface area (Å²) >= 11 is 14.9. The minimum absolute atomic E-state index is 0.00137. The third kappa shape index (κ3) is 9.11. The predicted octanol–water partition coefficient (Wildman–Crippen LogP) is 2.33. The smallest absolute Gasteiger partial charge is 0.267 e. The fourth-order valence-corrected chi connectivity index (χ4v) is 8.76. The zero-order valence-corrected chi connectivity index (χ0v) is 31.4. The van der Waals surface area contributed by atoms with Crippen molar-refractivity contribution >= 4 is 138 Å². The van der Waals surface area contributed by atoms with Gasteiger partial charge in [-0.2, -0.15) is 0 Å². The molecule has 2 aromatic carbocycles. The van der Waals surface area contributed by atoms with Crippen LogP contribution in [-0.4, -0.2) is 98.4 Å². The third-order valence-corrected chi connectivity index (χ3v) is 11.9. The fourth-order valence-electron chi connectivity index (χ4n) is 4.62. The lowest BCUT2D eigenvalue weighted by Crippen LogP contribution is -2.44. The number of carbonyl (C=O) groups is 6. The molecule has 52 heavy (non-hydrogen) atoms. The maximum Gasteiger partial charge on any atom is 0.267 e. The number of hydrogen-bond acceptors (Lipinski definition) is 14. The number of benzene rings is 2. The van der Waals surface area contributed by atoms with E-state index in [1.165, 1.54) is 33.3 Å². The Balaban J connectivity index is 0.907. The zero-order chi connectivity index (χ0) is 36.8. The number of H-pyrrole nitrogens is 2. The second kappa shape index (κ2) is 16.9. The summed E-state index contributed by atoms with van der Waals surface area (Å²) in [6.07, 6.45) is -0.357. The largest absolute Gasteiger partial charge is 0.333 e. The van der Waals surface area contributed by atoms with E-state index in [0.717, 1.165) is 45.6 Å². The first kappa shape index (κ1) is 37.3. The Labute approximate surface area is 322 Å². The molecule has 0 atom stereocenters. The number of nitrogens with one attached hydrogen (secondary N) is 6. The molecular weight excluding hydrogens is 789 g/mol. The van der Waals surface area contributed by atoms with Crippen molar-refractivity contribution < 1.29 is 28.8 Å². The number of hydrogen-bond donors (Lipinski definition) is 6. The molecule has 6 amide bonds. The molecule has 22 heteroatoms. The SMILES string of the molecule is O=C(CCN1C(=O)C(=C2SC(=S)N(CCC(=O)NNC(=O)CSc3nc4ccccc4[nH]3)C2=O)SC1=S)NNC(=O)CSc1nc2ccccc2[nH]1. The molecule has 6 rings (SSSR count). The molecule has 0 spiro atoms. The number of para-hydroxylation sites is 4. The van der Waals surface area contributed by atoms with E-state index in [-0.39, 0.29) is 55.9 Å². The van der Waals surface area contributed by atoms with Gasteiger partial charge in [-0.1, -0.05) is 95.7 Å². The van der Waals surface area contributed by atoms with Crippen molar-refractivity contribution in [3.8, 4) is 0 Å². The summed E-state index contributed by atoms with van der Waals surface area (Å²) in [5, 5.41) is 1.12. The molecule has 0 aliphatic carbocycles. The molecule has 268 valence electrons. The van der Waals surface area contributed by atoms with Crippen molar-refractivity contribution in [3.05, 3.63) is 58.3 Å². The molecule has 2 aliphatic heterocycles. The number of carbonyl (C=O) groups excluding carboxylic acids is 6. The van der Waals surface area contributed by atoms with Gasteiger partial charge in [-0.05, 0) is 24.3 Å². The summed E-state index contributed by atoms with van der Waals surface area (Å²) < 4.78 is 0.302. The van der Waals surface area contributed by atoms with Gasteiger partial charge in [0.2, 0.25) is 23.6 Å². The van der Waals surface area contributed by atoms with Crippen molar-refractivity contribution in [1.82, 2.24) is 51.4 Å². The molecule has 0 saturated carbocycles. The summed E-state index contributed by atoms with van der Waals surface area (Å²) in [6.45, 7) is -0.181. The van der Waals surface area contributed by atoms with Crippen molar-refractivity contribution in [2.45, 2.75) is 23.2 Å². The molecule has 2 fully saturated rings. The lowest BCUT2D eigenvalue weighted by molar-refractivity contribution is -0.129. The van der Waals surface area contributed by atoms with Gasteiger partial charge in [0.05, 0.1) is 43.4 Å². The molecule has 0 radical (unpaired) electrons. The van der Waals surface area contributed by atoms with Crippen LogP contribution < -0.4 is 21.7 Å². The first-order chi connectivity index (χ1) is 25.0. The summed E-state index contributed by atoms with van der Waals surface area (Å²) in [7, 11) is 0. The Morgan fingerprint density at radius 3 is 1.42 bits per heavy atom. The molecule has 16 nitrogen and oxygen atoms in total. The number of amides is 6. The number of imidazole rings is 2. The van der Waals surface area contributed by atoms with Crippen LogP contribution in [0.5, 0.6) is 0 Å². The molecule has 2 aromatic heterocycles. The van der Waals surface area contributed by atoms with Gasteiger partial charge in [-0.3, -0.25) is 60.3 Å². The fraction of sp³-hybridized carbons (Fsp3) is 0.200. The van der Waals surface area contributed by atoms with Gasteiger partial charge in [0.1, 0.15) is 8.64 Å². The lowest BCUT2D eigenvalue weighted by atomic mass is 10.3. The van der Waals surface area contributed by atoms with E-state index in [1.54, 1.807) is 0 Å². The predicted molar refractivity (Wildman–Crippen MR) is 206 cm³/mol. The second-order valence-corrected chi connectivity index (χ2v) is 15.9. The molecular formula is C30H26N10O6S6. The van der Waals surface area contributed by atoms with E-state index in [1.807, 2.05) is 48.5 Å². The highest BCUT2D eigenvalue weighted by atomic mass is 32.2. The number of rotatable bonds is 12. The maximum atomic E-state index is 13.2. The summed E-state index contributed by atoms with van der Waals surface area (Å²) in [6, 6.07) is 14.9. The van der Waals surface area contributed by atoms with Crippen LogP contribution in [0, 0.1) is 0 Å². The van der Waals surface area contributed by atoms with Crippen LogP contribution in [0.25, 0.3) is 22.1 Å². The van der Waals surface area contributed by atoms with E-state index in [0.29, 0.717) is 10.3 Å². The topological polar surface area (TPSA) is 214 Å². The number of thiocarbonyl (C=S) groups is 2. The molecule has 4 aromatic rings. The average molecular weight is 815 g/mol. The Bertz CT molecular complexity index is 1950. The number of hydrazine groups is 2. The van der Waals surface area contributed by atoms with E-state index >= 15 is 0 Å². The van der Waals surface area contributed by atoms with E-state index < -0.39 is 35.4 Å². The molecule has 0 unspecified atom stereocenters. The monoisotopic (exact) mass is 814 g/mol. The van der Waals surface area contributed by atoms with Crippen LogP contribution in [0.4, 0.5) is 0 Å². The maximum absolute atomic E-state index is 13.2. The van der Waals surface area contributed by atoms with E-state index in [2.05, 4.69) is 41.6 Å². The summed E-state index contributed by atoms with van der Waals surface area (Å²) in [4.78, 5) is 93.3. The van der Waals surface area contributed by atoms with E-state index in [9.17, 15) is 28.8 Å². The van der Waals surface area contributed by atoms with Crippen LogP contribution in [-0.2, 0) is 28.8 Å². The third-order valence-electron chi connectivity index (χ3n) is 7.13. The van der Waals surface area contributed by atoms with Crippen LogP contribution in [0.1, 0.15) is 12.8 Å². The molecule has 6 N–H and O–H groups in total. The highest BCUT2D eigenvalue weighted by Crippen LogP contribution is 2.42. The van der Waals surface area contributed by atoms with Crippen LogP contribution in [0.3, 0.4) is 0 Å². The van der Waals surface area contributed by atoms with Crippen molar-refractivity contribution in [1.29, 1.82) is 0 Å². The number of aromatic nitrogens is 4. The highest BCUT2D eigenvalue weighted by molar-refractivity contribution is 8.29. The second-order valence-electron chi connectivity index (χ2n) is 10.7. The Kier molecular flexibility index (Phi) is 12.1. The molecule has 2 aliphatic rings. The first-order valence-electron chi connectivity index (χ1n) is 15.2. The minimum atomic E-state index is -0.560. The lowest BCUT2D eigenvalue weighted by Gasteiger charge is -2.15. The van der Waals surface area contributed by atoms with Gasteiger partial charge >= 0.3 is 0 Å². The van der Waals surface area contributed by atoms with Crippen LogP contribution >= 0.6 is 71.5 Å². The van der Waals surface area contributed by atoms with Gasteiger partial charge in [0.25, 0.3) is 11.8 Å². The van der Waals surface area contributed by atoms with Crippen molar-refractivity contribution in [2.75, 3.05) is 24.6 Å². The normalized spacial score (nSPS) is 15.9. The summed E-state index contributed by atoms with van der Waals surface area (Å²) in [5.41, 5.74) is 12.5. The Morgan fingerprint density at radius 1 is 0.635 bits per heavy atom.